The lowest BCUT2D eigenvalue weighted by Gasteiger charge is -2.18. The fourth-order valence-electron chi connectivity index (χ4n) is 9.11. The maximum absolute atomic E-state index is 14.0. The number of terminal acetylenes is 1. The van der Waals surface area contributed by atoms with Crippen LogP contribution in [0.15, 0.2) is 170 Å². The number of carbonyl (C=O) groups excluding carboxylic acids is 3. The zero-order valence-electron chi connectivity index (χ0n) is 41.2. The second-order valence-electron chi connectivity index (χ2n) is 17.8. The molecule has 0 saturated carbocycles. The molecule has 0 radical (unpaired) electrons. The van der Waals surface area contributed by atoms with Gasteiger partial charge in [0.15, 0.2) is 0 Å². The molecule has 8 rings (SSSR count). The molecule has 0 bridgehead atoms. The van der Waals surface area contributed by atoms with E-state index in [4.69, 9.17) is 6.42 Å². The fourth-order valence-corrected chi connectivity index (χ4v) is 9.11. The van der Waals surface area contributed by atoms with Crippen LogP contribution in [0.1, 0.15) is 98.3 Å². The Morgan fingerprint density at radius 3 is 1.27 bits per heavy atom. The number of nitrogens with zero attached hydrogens (tertiary/aromatic N) is 2. The largest absolute Gasteiger partial charge is 0.392 e. The summed E-state index contributed by atoms with van der Waals surface area (Å²) in [4.78, 5) is 39.1. The van der Waals surface area contributed by atoms with Crippen LogP contribution in [0, 0.1) is 24.0 Å². The SMILES string of the molecule is C.C#CC[C@@H](O)CCn1c(-c2ccc(F)cc2)c(-c2ccccc2)c(C(=O)Nc2ccccc2)c1C(C)C.CC(C)c1c(C(=O)Nc2ccccc2)c(-c2ccccc2)c(-c2ccc(F)cc2)n1CCC=O.II. The minimum atomic E-state index is -0.671. The lowest BCUT2D eigenvalue weighted by molar-refractivity contribution is -0.108. The Morgan fingerprint density at radius 1 is 0.581 bits per heavy atom. The summed E-state index contributed by atoms with van der Waals surface area (Å²) in [6.07, 6.45) is 6.60. The van der Waals surface area contributed by atoms with Crippen molar-refractivity contribution in [2.24, 2.45) is 0 Å². The number of anilines is 2. The number of carbonyl (C=O) groups is 3. The summed E-state index contributed by atoms with van der Waals surface area (Å²) < 4.78 is 31.9. The highest BCUT2D eigenvalue weighted by Crippen LogP contribution is 2.44. The molecule has 8 aromatic rings. The second-order valence-corrected chi connectivity index (χ2v) is 17.8. The topological polar surface area (TPSA) is 105 Å². The van der Waals surface area contributed by atoms with Crippen molar-refractivity contribution < 1.29 is 28.3 Å². The quantitative estimate of drug-likeness (QED) is 0.0480. The van der Waals surface area contributed by atoms with Crippen molar-refractivity contribution in [1.29, 1.82) is 0 Å². The molecule has 0 fully saturated rings. The van der Waals surface area contributed by atoms with E-state index in [1.165, 1.54) is 24.3 Å². The summed E-state index contributed by atoms with van der Waals surface area (Å²) in [5.41, 5.74) is 10.7. The van der Waals surface area contributed by atoms with Gasteiger partial charge in [-0.1, -0.05) is 132 Å². The van der Waals surface area contributed by atoms with Gasteiger partial charge in [0.1, 0.15) is 17.9 Å². The van der Waals surface area contributed by atoms with Crippen LogP contribution in [0.4, 0.5) is 20.2 Å². The molecule has 1 atom stereocenters. The molecule has 0 spiro atoms. The van der Waals surface area contributed by atoms with E-state index in [1.807, 2.05) is 149 Å². The number of benzene rings is 6. The van der Waals surface area contributed by atoms with Crippen LogP contribution in [-0.2, 0) is 17.9 Å². The Kier molecular flexibility index (Phi) is 22.6. The van der Waals surface area contributed by atoms with Gasteiger partial charge in [-0.3, -0.25) is 9.59 Å². The average Bonchev–Trinajstić information content (AvgIpc) is 3.94. The van der Waals surface area contributed by atoms with Gasteiger partial charge in [-0.2, -0.15) is 0 Å². The Morgan fingerprint density at radius 2 is 0.932 bits per heavy atom. The van der Waals surface area contributed by atoms with Crippen LogP contribution in [0.25, 0.3) is 44.8 Å². The summed E-state index contributed by atoms with van der Waals surface area (Å²) in [7, 11) is 0. The van der Waals surface area contributed by atoms with E-state index >= 15 is 0 Å². The third-order valence-electron chi connectivity index (χ3n) is 12.1. The van der Waals surface area contributed by atoms with Crippen LogP contribution in [-0.4, -0.2) is 38.4 Å². The number of nitrogens with one attached hydrogen (secondary N) is 2. The van der Waals surface area contributed by atoms with Crippen molar-refractivity contribution in [2.75, 3.05) is 10.6 Å². The van der Waals surface area contributed by atoms with Gasteiger partial charge in [-0.15, -0.1) is 12.3 Å². The van der Waals surface area contributed by atoms with Crippen LogP contribution in [0.2, 0.25) is 0 Å². The van der Waals surface area contributed by atoms with E-state index in [0.29, 0.717) is 48.4 Å². The number of amides is 2. The average molecular weight is 1220 g/mol. The van der Waals surface area contributed by atoms with Gasteiger partial charge in [0.05, 0.1) is 28.6 Å². The number of aliphatic hydroxyl groups excluding tert-OH is 1. The van der Waals surface area contributed by atoms with Crippen LogP contribution in [0.5, 0.6) is 0 Å². The molecule has 2 amide bonds. The summed E-state index contributed by atoms with van der Waals surface area (Å²) >= 11 is 4.24. The first-order valence-electron chi connectivity index (χ1n) is 24.0. The predicted molar refractivity (Wildman–Crippen MR) is 317 cm³/mol. The Bertz CT molecular complexity index is 3100. The van der Waals surface area contributed by atoms with Gasteiger partial charge in [0.2, 0.25) is 0 Å². The van der Waals surface area contributed by atoms with Crippen molar-refractivity contribution >= 4 is 66.7 Å². The van der Waals surface area contributed by atoms with Gasteiger partial charge in [-0.05, 0) is 113 Å². The van der Waals surface area contributed by atoms with E-state index in [9.17, 15) is 28.3 Å². The van der Waals surface area contributed by atoms with Crippen LogP contribution >= 0.6 is 37.2 Å². The Hall–Kier alpha value is -6.67. The second kappa shape index (κ2) is 28.7. The number of hydrogen-bond acceptors (Lipinski definition) is 4. The fraction of sp³-hybridized carbons (Fsp3) is 0.210. The number of aliphatic hydroxyl groups is 1. The first kappa shape index (κ1) is 58.2. The first-order chi connectivity index (χ1) is 35.4. The third-order valence-corrected chi connectivity index (χ3v) is 12.1. The van der Waals surface area contributed by atoms with Gasteiger partial charge in [0.25, 0.3) is 11.8 Å². The predicted octanol–water partition coefficient (Wildman–Crippen LogP) is 16.4. The van der Waals surface area contributed by atoms with Gasteiger partial charge < -0.3 is 29.7 Å². The van der Waals surface area contributed by atoms with Crippen molar-refractivity contribution in [3.8, 4) is 57.1 Å². The number of rotatable bonds is 17. The van der Waals surface area contributed by atoms with Crippen molar-refractivity contribution in [1.82, 2.24) is 9.13 Å². The summed E-state index contributed by atoms with van der Waals surface area (Å²) in [6, 6.07) is 50.7. The van der Waals surface area contributed by atoms with E-state index in [2.05, 4.69) is 62.9 Å². The smallest absolute Gasteiger partial charge is 0.258 e. The minimum Gasteiger partial charge on any atom is -0.392 e. The molecular weight excluding hydrogens is 1160 g/mol. The van der Waals surface area contributed by atoms with Crippen LogP contribution in [0.3, 0.4) is 0 Å². The molecule has 2 heterocycles. The van der Waals surface area contributed by atoms with Gasteiger partial charge in [-0.25, -0.2) is 8.78 Å². The van der Waals surface area contributed by atoms with Gasteiger partial charge in [0, 0.05) is 97.1 Å². The highest BCUT2D eigenvalue weighted by molar-refractivity contribution is 15.0. The molecule has 0 unspecified atom stereocenters. The molecule has 0 aliphatic carbocycles. The molecule has 74 heavy (non-hydrogen) atoms. The molecule has 2 aromatic heterocycles. The van der Waals surface area contributed by atoms with E-state index in [0.717, 1.165) is 62.4 Å². The van der Waals surface area contributed by atoms with E-state index in [1.54, 1.807) is 24.3 Å². The zero-order chi connectivity index (χ0) is 52.4. The molecule has 0 aliphatic heterocycles. The summed E-state index contributed by atoms with van der Waals surface area (Å²) in [6.45, 7) is 9.03. The molecule has 0 saturated heterocycles. The lowest BCUT2D eigenvalue weighted by atomic mass is 9.94. The lowest BCUT2D eigenvalue weighted by Crippen LogP contribution is -2.17. The highest BCUT2D eigenvalue weighted by Gasteiger charge is 2.32. The highest BCUT2D eigenvalue weighted by atomic mass is 128. The Labute approximate surface area is 458 Å². The van der Waals surface area contributed by atoms with Crippen molar-refractivity contribution in [2.45, 2.75) is 85.4 Å². The number of halogens is 4. The monoisotopic (exact) mass is 1220 g/mol. The van der Waals surface area contributed by atoms with Crippen molar-refractivity contribution in [3.63, 3.8) is 0 Å². The maximum atomic E-state index is 14.0. The molecule has 8 nitrogen and oxygen atoms in total. The molecule has 3 N–H and O–H groups in total. The number of hydrogen-bond donors (Lipinski definition) is 3. The molecule has 382 valence electrons. The van der Waals surface area contributed by atoms with E-state index < -0.39 is 6.10 Å². The number of para-hydroxylation sites is 2. The third kappa shape index (κ3) is 14.3. The number of aldehydes is 1. The summed E-state index contributed by atoms with van der Waals surface area (Å²) in [5, 5.41) is 16.6. The Balaban J connectivity index is 0.000000263. The van der Waals surface area contributed by atoms with Crippen LogP contribution < -0.4 is 10.6 Å². The normalized spacial score (nSPS) is 11.0. The standard InChI is InChI=1S/C32H31FN2O2.C29H27FN2O2.CH4.I2/c1-4-11-27(36)20-21-35-30(22(2)3)29(32(37)34-26-14-9-6-10-15-26)28(23-12-7-5-8-13-23)31(35)24-16-18-25(33)19-17-24;1-20(2)27-26(29(34)31-24-12-7-4-8-13-24)25(21-10-5-3-6-11-21)28(32(27)18-9-19-33)22-14-16-23(30)17-15-22;;1-2/h1,5-10,12-19,22,27,36H,11,20-21H2,2-3H3,(H,34,37);3-8,10-17,19-20H,9,18H2,1-2H3,(H,31,34);1H4;/t27-;;;/m1.../s1. The summed E-state index contributed by atoms with van der Waals surface area (Å²) in [5.74, 6) is 1.39. The molecule has 0 aliphatic rings. The zero-order valence-corrected chi connectivity index (χ0v) is 45.5. The molecular formula is C62H62F2I2N4O4. The molecule has 6 aromatic carbocycles. The minimum absolute atomic E-state index is 0. The first-order valence-corrected chi connectivity index (χ1v) is 30.3. The maximum Gasteiger partial charge on any atom is 0.258 e. The number of aromatic nitrogens is 2. The van der Waals surface area contributed by atoms with E-state index in [-0.39, 0.29) is 49.1 Å². The molecule has 12 heteroatoms. The van der Waals surface area contributed by atoms with Gasteiger partial charge >= 0.3 is 0 Å². The van der Waals surface area contributed by atoms with Crippen molar-refractivity contribution in [3.05, 3.63) is 204 Å².